The first kappa shape index (κ1) is 22.5. The molecular formula is C26H31NO5. The molecule has 0 radical (unpaired) electrons. The SMILES string of the molecule is CC1=CC[C@@]2(O)[C@@H](OC(=O)c3ccc([N+](=O)[O-])cc3)C3=CCCC[C@@]3(C)C/C=C/1C2(C)C. The van der Waals surface area contributed by atoms with E-state index in [0.717, 1.165) is 42.4 Å². The fourth-order valence-corrected chi connectivity index (χ4v) is 5.67. The lowest BCUT2D eigenvalue weighted by atomic mass is 9.54. The Bertz CT molecular complexity index is 1050. The minimum Gasteiger partial charge on any atom is -0.451 e. The van der Waals surface area contributed by atoms with E-state index in [9.17, 15) is 20.0 Å². The Balaban J connectivity index is 1.80. The third kappa shape index (κ3) is 3.41. The normalized spacial score (nSPS) is 32.8. The molecule has 3 aliphatic carbocycles. The van der Waals surface area contributed by atoms with E-state index in [4.69, 9.17) is 4.74 Å². The Labute approximate surface area is 188 Å². The van der Waals surface area contributed by atoms with Crippen molar-refractivity contribution in [2.45, 2.75) is 71.5 Å². The number of nitro groups is 1. The van der Waals surface area contributed by atoms with Crippen molar-refractivity contribution in [1.82, 2.24) is 0 Å². The molecule has 170 valence electrons. The third-order valence-electron chi connectivity index (χ3n) is 7.91. The summed E-state index contributed by atoms with van der Waals surface area (Å²) >= 11 is 0. The summed E-state index contributed by atoms with van der Waals surface area (Å²) in [7, 11) is 0. The smallest absolute Gasteiger partial charge is 0.338 e. The molecule has 0 spiro atoms. The number of rotatable bonds is 3. The molecule has 1 aromatic carbocycles. The van der Waals surface area contributed by atoms with Crippen LogP contribution in [0.15, 0.2) is 59.2 Å². The Hall–Kier alpha value is -2.73. The number of hydrogen-bond donors (Lipinski definition) is 1. The van der Waals surface area contributed by atoms with E-state index < -0.39 is 28.0 Å². The lowest BCUT2D eigenvalue weighted by Gasteiger charge is -2.55. The number of ether oxygens (including phenoxy) is 1. The van der Waals surface area contributed by atoms with E-state index in [2.05, 4.69) is 26.0 Å². The van der Waals surface area contributed by atoms with Crippen LogP contribution in [0.25, 0.3) is 0 Å². The highest BCUT2D eigenvalue weighted by atomic mass is 16.6. The molecule has 6 heteroatoms. The number of allylic oxidation sites excluding steroid dienone is 3. The van der Waals surface area contributed by atoms with Crippen molar-refractivity contribution in [3.05, 3.63) is 74.9 Å². The fraction of sp³-hybridized carbons (Fsp3) is 0.500. The van der Waals surface area contributed by atoms with Crippen molar-refractivity contribution in [2.75, 3.05) is 0 Å². The van der Waals surface area contributed by atoms with E-state index >= 15 is 0 Å². The lowest BCUT2D eigenvalue weighted by Crippen LogP contribution is -2.60. The van der Waals surface area contributed by atoms with Crippen molar-refractivity contribution < 1.29 is 19.6 Å². The monoisotopic (exact) mass is 437 g/mol. The Morgan fingerprint density at radius 3 is 2.47 bits per heavy atom. The molecule has 0 saturated carbocycles. The number of hydrogen-bond acceptors (Lipinski definition) is 5. The van der Waals surface area contributed by atoms with Gasteiger partial charge in [-0.1, -0.05) is 44.6 Å². The van der Waals surface area contributed by atoms with Crippen LogP contribution in [0.4, 0.5) is 5.69 Å². The number of carbonyl (C=O) groups excluding carboxylic acids is 1. The van der Waals surface area contributed by atoms with Crippen molar-refractivity contribution in [3.63, 3.8) is 0 Å². The summed E-state index contributed by atoms with van der Waals surface area (Å²) in [6, 6.07) is 5.41. The first-order chi connectivity index (χ1) is 15.0. The van der Waals surface area contributed by atoms with Crippen molar-refractivity contribution >= 4 is 11.7 Å². The van der Waals surface area contributed by atoms with E-state index in [-0.39, 0.29) is 16.7 Å². The van der Waals surface area contributed by atoms with Crippen molar-refractivity contribution in [2.24, 2.45) is 10.8 Å². The summed E-state index contributed by atoms with van der Waals surface area (Å²) in [5, 5.41) is 23.1. The van der Waals surface area contributed by atoms with Crippen LogP contribution < -0.4 is 0 Å². The largest absolute Gasteiger partial charge is 0.451 e. The van der Waals surface area contributed by atoms with Crippen LogP contribution in [-0.4, -0.2) is 27.7 Å². The van der Waals surface area contributed by atoms with Crippen LogP contribution >= 0.6 is 0 Å². The number of carbonyl (C=O) groups is 1. The average Bonchev–Trinajstić information content (AvgIpc) is 2.75. The fourth-order valence-electron chi connectivity index (χ4n) is 5.67. The summed E-state index contributed by atoms with van der Waals surface area (Å²) in [5.74, 6) is -0.583. The van der Waals surface area contributed by atoms with Crippen LogP contribution in [0.1, 0.15) is 70.2 Å². The second kappa shape index (κ2) is 7.69. The van der Waals surface area contributed by atoms with Crippen LogP contribution in [0.5, 0.6) is 0 Å². The standard InChI is InChI=1S/C26H31NO5/c1-17-12-16-26(29)22(32-23(28)18-8-10-19(11-9-18)27(30)31)21-7-5-6-14-25(21,4)15-13-20(17)24(26,2)3/h7-13,22,29H,5-6,14-16H2,1-4H3/b20-13-/t22-,25-,26+/m0/s1. The number of non-ortho nitro benzene ring substituents is 1. The van der Waals surface area contributed by atoms with Gasteiger partial charge in [-0.3, -0.25) is 10.1 Å². The molecular weight excluding hydrogens is 406 g/mol. The minimum atomic E-state index is -1.31. The number of benzene rings is 1. The van der Waals surface area contributed by atoms with Gasteiger partial charge in [-0.15, -0.1) is 0 Å². The van der Waals surface area contributed by atoms with E-state index in [1.54, 1.807) is 0 Å². The quantitative estimate of drug-likeness (QED) is 0.285. The molecule has 6 nitrogen and oxygen atoms in total. The maximum Gasteiger partial charge on any atom is 0.338 e. The molecule has 0 unspecified atom stereocenters. The highest BCUT2D eigenvalue weighted by Crippen LogP contribution is 2.57. The average molecular weight is 438 g/mol. The number of esters is 1. The van der Waals surface area contributed by atoms with Gasteiger partial charge in [0.1, 0.15) is 5.60 Å². The van der Waals surface area contributed by atoms with Crippen molar-refractivity contribution in [1.29, 1.82) is 0 Å². The zero-order valence-electron chi connectivity index (χ0n) is 19.2. The molecule has 0 fully saturated rings. The molecule has 0 aliphatic heterocycles. The number of nitro benzene ring substituents is 1. The molecule has 0 amide bonds. The summed E-state index contributed by atoms with van der Waals surface area (Å²) in [6.07, 6.45) is 9.77. The van der Waals surface area contributed by atoms with Gasteiger partial charge in [-0.05, 0) is 67.7 Å². The highest BCUT2D eigenvalue weighted by Gasteiger charge is 2.58. The van der Waals surface area contributed by atoms with Crippen molar-refractivity contribution in [3.8, 4) is 0 Å². The zero-order valence-corrected chi connectivity index (χ0v) is 19.2. The maximum absolute atomic E-state index is 13.2. The lowest BCUT2D eigenvalue weighted by molar-refractivity contribution is -0.384. The van der Waals surface area contributed by atoms with Gasteiger partial charge in [0.05, 0.1) is 10.5 Å². The second-order valence-corrected chi connectivity index (χ2v) is 10.2. The zero-order chi connectivity index (χ0) is 23.3. The molecule has 3 aliphatic rings. The van der Waals surface area contributed by atoms with Crippen LogP contribution in [0, 0.1) is 20.9 Å². The molecule has 0 saturated heterocycles. The molecule has 32 heavy (non-hydrogen) atoms. The van der Waals surface area contributed by atoms with Gasteiger partial charge in [-0.2, -0.15) is 0 Å². The molecule has 1 aromatic rings. The van der Waals surface area contributed by atoms with Crippen LogP contribution in [0.2, 0.25) is 0 Å². The Morgan fingerprint density at radius 2 is 1.81 bits per heavy atom. The molecule has 2 bridgehead atoms. The predicted molar refractivity (Wildman–Crippen MR) is 122 cm³/mol. The summed E-state index contributed by atoms with van der Waals surface area (Å²) in [5.41, 5.74) is 1.27. The van der Waals surface area contributed by atoms with E-state index in [1.807, 2.05) is 19.9 Å². The molecule has 1 N–H and O–H groups in total. The van der Waals surface area contributed by atoms with Gasteiger partial charge in [0, 0.05) is 17.5 Å². The van der Waals surface area contributed by atoms with Crippen LogP contribution in [-0.2, 0) is 4.74 Å². The van der Waals surface area contributed by atoms with Gasteiger partial charge in [0.2, 0.25) is 0 Å². The predicted octanol–water partition coefficient (Wildman–Crippen LogP) is 5.67. The van der Waals surface area contributed by atoms with Gasteiger partial charge in [0.15, 0.2) is 6.10 Å². The highest BCUT2D eigenvalue weighted by molar-refractivity contribution is 5.90. The summed E-state index contributed by atoms with van der Waals surface area (Å²) in [6.45, 7) is 8.31. The summed E-state index contributed by atoms with van der Waals surface area (Å²) in [4.78, 5) is 23.6. The molecule has 0 heterocycles. The topological polar surface area (TPSA) is 89.7 Å². The first-order valence-electron chi connectivity index (χ1n) is 11.3. The van der Waals surface area contributed by atoms with Crippen LogP contribution in [0.3, 0.4) is 0 Å². The first-order valence-corrected chi connectivity index (χ1v) is 11.3. The van der Waals surface area contributed by atoms with E-state index in [1.165, 1.54) is 24.3 Å². The number of fused-ring (bicyclic) bond motifs is 3. The maximum atomic E-state index is 13.2. The Kier molecular flexibility index (Phi) is 5.40. The Morgan fingerprint density at radius 1 is 1.12 bits per heavy atom. The van der Waals surface area contributed by atoms with Gasteiger partial charge >= 0.3 is 5.97 Å². The minimum absolute atomic E-state index is 0.0856. The summed E-state index contributed by atoms with van der Waals surface area (Å²) < 4.78 is 6.12. The molecule has 0 aromatic heterocycles. The van der Waals surface area contributed by atoms with E-state index in [0.29, 0.717) is 6.42 Å². The number of nitrogens with zero attached hydrogens (tertiary/aromatic N) is 1. The number of aliphatic hydroxyl groups is 1. The van der Waals surface area contributed by atoms with Gasteiger partial charge in [-0.25, -0.2) is 4.79 Å². The molecule has 4 rings (SSSR count). The van der Waals surface area contributed by atoms with Gasteiger partial charge in [0.25, 0.3) is 5.69 Å². The second-order valence-electron chi connectivity index (χ2n) is 10.2. The molecule has 3 atom stereocenters. The third-order valence-corrected chi connectivity index (χ3v) is 7.91. The van der Waals surface area contributed by atoms with Gasteiger partial charge < -0.3 is 9.84 Å².